The molecule has 0 saturated carbocycles. The Kier molecular flexibility index (Phi) is 7.51. The molecule has 6 nitrogen and oxygen atoms in total. The highest BCUT2D eigenvalue weighted by atomic mass is 16.2. The first-order valence-electron chi connectivity index (χ1n) is 9.39. The fourth-order valence-corrected chi connectivity index (χ4v) is 3.28. The van der Waals surface area contributed by atoms with Gasteiger partial charge in [-0.25, -0.2) is 4.79 Å². The zero-order valence-electron chi connectivity index (χ0n) is 15.8. The van der Waals surface area contributed by atoms with Gasteiger partial charge < -0.3 is 20.4 Å². The minimum atomic E-state index is -0.152. The molecule has 2 N–H and O–H groups in total. The van der Waals surface area contributed by atoms with Crippen molar-refractivity contribution in [3.8, 4) is 0 Å². The van der Waals surface area contributed by atoms with Gasteiger partial charge in [-0.05, 0) is 38.8 Å². The number of urea groups is 1. The van der Waals surface area contributed by atoms with Gasteiger partial charge in [-0.2, -0.15) is 0 Å². The van der Waals surface area contributed by atoms with Gasteiger partial charge in [-0.15, -0.1) is 6.58 Å². The van der Waals surface area contributed by atoms with Gasteiger partial charge in [0.1, 0.15) is 0 Å². The van der Waals surface area contributed by atoms with E-state index in [1.54, 1.807) is 6.08 Å². The molecular formula is C20H30N4O2. The van der Waals surface area contributed by atoms with E-state index in [9.17, 15) is 9.59 Å². The number of rotatable bonds is 7. The first-order chi connectivity index (χ1) is 12.6. The number of nitrogens with one attached hydrogen (secondary N) is 2. The molecule has 2 rings (SSSR count). The number of anilines is 1. The molecule has 0 aliphatic carbocycles. The van der Waals surface area contributed by atoms with E-state index < -0.39 is 0 Å². The molecule has 0 aromatic heterocycles. The monoisotopic (exact) mass is 358 g/mol. The summed E-state index contributed by atoms with van der Waals surface area (Å²) in [6, 6.07) is 7.81. The molecule has 1 aliphatic heterocycles. The van der Waals surface area contributed by atoms with Crippen molar-refractivity contribution in [1.29, 1.82) is 0 Å². The summed E-state index contributed by atoms with van der Waals surface area (Å²) < 4.78 is 0. The van der Waals surface area contributed by atoms with Gasteiger partial charge >= 0.3 is 6.03 Å². The summed E-state index contributed by atoms with van der Waals surface area (Å²) in [5.41, 5.74) is 1.74. The van der Waals surface area contributed by atoms with Crippen LogP contribution in [0.3, 0.4) is 0 Å². The van der Waals surface area contributed by atoms with Crippen molar-refractivity contribution >= 4 is 17.6 Å². The smallest absolute Gasteiger partial charge is 0.315 e. The molecule has 26 heavy (non-hydrogen) atoms. The average molecular weight is 358 g/mol. The van der Waals surface area contributed by atoms with Gasteiger partial charge in [0.25, 0.3) is 5.91 Å². The molecule has 6 heteroatoms. The van der Waals surface area contributed by atoms with Crippen molar-refractivity contribution in [2.75, 3.05) is 37.6 Å². The highest BCUT2D eigenvalue weighted by Gasteiger charge is 2.24. The van der Waals surface area contributed by atoms with E-state index in [1.807, 2.05) is 43.0 Å². The van der Waals surface area contributed by atoms with Crippen molar-refractivity contribution < 1.29 is 9.59 Å². The SMILES string of the molecule is C=CCNC(=O)NC1CCN(c2ccccc2C(=O)N(CC)CC)CC1. The van der Waals surface area contributed by atoms with Crippen molar-refractivity contribution in [2.24, 2.45) is 0 Å². The van der Waals surface area contributed by atoms with E-state index in [2.05, 4.69) is 22.1 Å². The van der Waals surface area contributed by atoms with E-state index in [-0.39, 0.29) is 18.0 Å². The summed E-state index contributed by atoms with van der Waals surface area (Å²) in [5, 5.41) is 5.74. The lowest BCUT2D eigenvalue weighted by molar-refractivity contribution is 0.0773. The molecular weight excluding hydrogens is 328 g/mol. The molecule has 3 amide bonds. The first kappa shape index (κ1) is 19.8. The summed E-state index contributed by atoms with van der Waals surface area (Å²) in [5.74, 6) is 0.0784. The summed E-state index contributed by atoms with van der Waals surface area (Å²) in [7, 11) is 0. The molecule has 0 unspecified atom stereocenters. The second-order valence-corrected chi connectivity index (χ2v) is 6.40. The Hall–Kier alpha value is -2.50. The van der Waals surface area contributed by atoms with Crippen molar-refractivity contribution in [3.05, 3.63) is 42.5 Å². The van der Waals surface area contributed by atoms with Crippen LogP contribution in [0.25, 0.3) is 0 Å². The van der Waals surface area contributed by atoms with Crippen LogP contribution in [0, 0.1) is 0 Å². The van der Waals surface area contributed by atoms with Gasteiger partial charge in [0, 0.05) is 44.5 Å². The van der Waals surface area contributed by atoms with Crippen LogP contribution in [0.15, 0.2) is 36.9 Å². The van der Waals surface area contributed by atoms with E-state index in [0.717, 1.165) is 37.2 Å². The van der Waals surface area contributed by atoms with Crippen molar-refractivity contribution in [3.63, 3.8) is 0 Å². The molecule has 1 aliphatic rings. The Morgan fingerprint density at radius 3 is 2.50 bits per heavy atom. The first-order valence-corrected chi connectivity index (χ1v) is 9.39. The molecule has 1 heterocycles. The Morgan fingerprint density at radius 1 is 1.23 bits per heavy atom. The number of piperidine rings is 1. The van der Waals surface area contributed by atoms with Crippen molar-refractivity contribution in [1.82, 2.24) is 15.5 Å². The second kappa shape index (κ2) is 9.85. The summed E-state index contributed by atoms with van der Waals surface area (Å²) in [6.45, 7) is 11.1. The largest absolute Gasteiger partial charge is 0.371 e. The fourth-order valence-electron chi connectivity index (χ4n) is 3.28. The molecule has 1 saturated heterocycles. The number of nitrogens with zero attached hydrogens (tertiary/aromatic N) is 2. The molecule has 1 fully saturated rings. The average Bonchev–Trinajstić information content (AvgIpc) is 2.68. The third-order valence-corrected chi connectivity index (χ3v) is 4.76. The molecule has 0 spiro atoms. The number of benzene rings is 1. The zero-order valence-corrected chi connectivity index (χ0v) is 15.8. The summed E-state index contributed by atoms with van der Waals surface area (Å²) >= 11 is 0. The second-order valence-electron chi connectivity index (χ2n) is 6.40. The highest BCUT2D eigenvalue weighted by molar-refractivity contribution is 5.99. The third-order valence-electron chi connectivity index (χ3n) is 4.76. The van der Waals surface area contributed by atoms with Gasteiger partial charge in [0.15, 0.2) is 0 Å². The number of para-hydroxylation sites is 1. The third kappa shape index (κ3) is 5.00. The van der Waals surface area contributed by atoms with E-state index in [0.29, 0.717) is 19.6 Å². The van der Waals surface area contributed by atoms with Crippen LogP contribution in [-0.4, -0.2) is 55.6 Å². The normalized spacial score (nSPS) is 14.6. The summed E-state index contributed by atoms with van der Waals surface area (Å²) in [4.78, 5) is 28.7. The van der Waals surface area contributed by atoms with Gasteiger partial charge in [0.2, 0.25) is 0 Å². The molecule has 0 bridgehead atoms. The zero-order chi connectivity index (χ0) is 18.9. The van der Waals surface area contributed by atoms with Crippen LogP contribution >= 0.6 is 0 Å². The molecule has 1 aromatic carbocycles. The Labute approximate surface area is 156 Å². The number of hydrogen-bond donors (Lipinski definition) is 2. The lowest BCUT2D eigenvalue weighted by atomic mass is 10.0. The van der Waals surface area contributed by atoms with Crippen LogP contribution < -0.4 is 15.5 Å². The van der Waals surface area contributed by atoms with E-state index in [4.69, 9.17) is 0 Å². The molecule has 0 radical (unpaired) electrons. The highest BCUT2D eigenvalue weighted by Crippen LogP contribution is 2.25. The number of hydrogen-bond acceptors (Lipinski definition) is 3. The van der Waals surface area contributed by atoms with E-state index in [1.165, 1.54) is 0 Å². The van der Waals surface area contributed by atoms with Crippen LogP contribution in [0.5, 0.6) is 0 Å². The molecule has 142 valence electrons. The minimum Gasteiger partial charge on any atom is -0.371 e. The maximum absolute atomic E-state index is 12.8. The van der Waals surface area contributed by atoms with Gasteiger partial charge in [-0.3, -0.25) is 4.79 Å². The maximum atomic E-state index is 12.8. The number of amides is 3. The Bertz CT molecular complexity index is 620. The van der Waals surface area contributed by atoms with Gasteiger partial charge in [-0.1, -0.05) is 18.2 Å². The van der Waals surface area contributed by atoms with Crippen LogP contribution in [0.4, 0.5) is 10.5 Å². The predicted octanol–water partition coefficient (Wildman–Crippen LogP) is 2.62. The van der Waals surface area contributed by atoms with Crippen molar-refractivity contribution in [2.45, 2.75) is 32.7 Å². The van der Waals surface area contributed by atoms with E-state index >= 15 is 0 Å². The van der Waals surface area contributed by atoms with Gasteiger partial charge in [0.05, 0.1) is 5.56 Å². The fraction of sp³-hybridized carbons (Fsp3) is 0.500. The maximum Gasteiger partial charge on any atom is 0.315 e. The van der Waals surface area contributed by atoms with Crippen LogP contribution in [0.1, 0.15) is 37.0 Å². The Morgan fingerprint density at radius 2 is 1.88 bits per heavy atom. The number of carbonyl (C=O) groups excluding carboxylic acids is 2. The lowest BCUT2D eigenvalue weighted by Gasteiger charge is -2.35. The summed E-state index contributed by atoms with van der Waals surface area (Å²) in [6.07, 6.45) is 3.37. The minimum absolute atomic E-state index is 0.0784. The molecule has 1 aromatic rings. The number of carbonyl (C=O) groups is 2. The standard InChI is InChI=1S/C20H30N4O2/c1-4-13-21-20(26)22-16-11-14-24(15-12-16)18-10-8-7-9-17(18)19(25)23(5-2)6-3/h4,7-10,16H,1,5-6,11-15H2,2-3H3,(H2,21,22,26). The van der Waals surface area contributed by atoms with Crippen LogP contribution in [-0.2, 0) is 0 Å². The molecule has 0 atom stereocenters. The topological polar surface area (TPSA) is 64.7 Å². The quantitative estimate of drug-likeness (QED) is 0.737. The Balaban J connectivity index is 2.00. The predicted molar refractivity (Wildman–Crippen MR) is 106 cm³/mol. The van der Waals surface area contributed by atoms with Crippen LogP contribution in [0.2, 0.25) is 0 Å². The lowest BCUT2D eigenvalue weighted by Crippen LogP contribution is -2.48.